The molecule has 2 unspecified atom stereocenters. The average Bonchev–Trinajstić information content (AvgIpc) is 2.71. The zero-order chi connectivity index (χ0) is 19.7. The zero-order valence-corrected chi connectivity index (χ0v) is 16.0. The summed E-state index contributed by atoms with van der Waals surface area (Å²) >= 11 is 0. The molecule has 0 bridgehead atoms. The van der Waals surface area contributed by atoms with E-state index < -0.39 is 27.2 Å². The Morgan fingerprint density at radius 2 is 1.59 bits per heavy atom. The van der Waals surface area contributed by atoms with Crippen molar-refractivity contribution < 1.29 is 17.9 Å². The molecule has 2 rings (SSSR count). The predicted octanol–water partition coefficient (Wildman–Crippen LogP) is 4.60. The Kier molecular flexibility index (Phi) is 7.55. The quantitative estimate of drug-likeness (QED) is 0.341. The number of sulfone groups is 1. The summed E-state index contributed by atoms with van der Waals surface area (Å²) in [6, 6.07) is 16.7. The number of unbranched alkanes of at least 4 members (excludes halogenated alkanes) is 1. The number of hydrogen-bond donors (Lipinski definition) is 0. The third-order valence-corrected chi connectivity index (χ3v) is 6.45. The number of ether oxygens (including phenoxy) is 1. The molecule has 0 aliphatic carbocycles. The zero-order valence-electron chi connectivity index (χ0n) is 15.2. The Labute approximate surface area is 161 Å². The van der Waals surface area contributed by atoms with E-state index in [0.29, 0.717) is 24.8 Å². The van der Waals surface area contributed by atoms with Gasteiger partial charge in [0.05, 0.1) is 10.5 Å². The minimum Gasteiger partial charge on any atom is -0.453 e. The molecule has 27 heavy (non-hydrogen) atoms. The second-order valence-electron chi connectivity index (χ2n) is 6.09. The molecule has 2 aromatic carbocycles. The van der Waals surface area contributed by atoms with Gasteiger partial charge in [-0.3, -0.25) is 0 Å². The van der Waals surface area contributed by atoms with Gasteiger partial charge in [-0.25, -0.2) is 13.2 Å². The molecule has 2 aromatic rings. The first-order valence-corrected chi connectivity index (χ1v) is 10.3. The van der Waals surface area contributed by atoms with Crippen LogP contribution in [0.3, 0.4) is 0 Å². The van der Waals surface area contributed by atoms with E-state index in [9.17, 15) is 13.2 Å². The van der Waals surface area contributed by atoms with Crippen LogP contribution in [0.4, 0.5) is 0 Å². The van der Waals surface area contributed by atoms with Gasteiger partial charge in [0.15, 0.2) is 9.84 Å². The van der Waals surface area contributed by atoms with Crippen molar-refractivity contribution >= 4 is 15.8 Å². The number of benzene rings is 2. The lowest BCUT2D eigenvalue weighted by atomic mass is 10.1. The van der Waals surface area contributed by atoms with Gasteiger partial charge in [-0.15, -0.1) is 6.58 Å². The molecular formula is C22H24O4S. The number of carbonyl (C=O) groups is 1. The number of esters is 1. The maximum atomic E-state index is 13.2. The smallest absolute Gasteiger partial charge is 0.338 e. The summed E-state index contributed by atoms with van der Waals surface area (Å²) in [7, 11) is -3.70. The molecule has 0 spiro atoms. The van der Waals surface area contributed by atoms with Crippen LogP contribution in [-0.4, -0.2) is 25.7 Å². The molecule has 0 saturated carbocycles. The number of hydrogen-bond acceptors (Lipinski definition) is 4. The number of carbonyl (C=O) groups excluding carboxylic acids is 1. The van der Waals surface area contributed by atoms with Gasteiger partial charge in [-0.1, -0.05) is 55.1 Å². The molecule has 0 saturated heterocycles. The molecule has 4 nitrogen and oxygen atoms in total. The first-order valence-electron chi connectivity index (χ1n) is 8.79. The average molecular weight is 384 g/mol. The third kappa shape index (κ3) is 5.41. The van der Waals surface area contributed by atoms with Gasteiger partial charge in [0.1, 0.15) is 11.4 Å². The summed E-state index contributed by atoms with van der Waals surface area (Å²) in [4.78, 5) is 12.6. The van der Waals surface area contributed by atoms with E-state index >= 15 is 0 Å². The molecule has 0 heterocycles. The lowest BCUT2D eigenvalue weighted by Gasteiger charge is -2.25. The second kappa shape index (κ2) is 9.88. The van der Waals surface area contributed by atoms with Crippen LogP contribution in [0, 0.1) is 0 Å². The second-order valence-corrected chi connectivity index (χ2v) is 8.25. The highest BCUT2D eigenvalue weighted by molar-refractivity contribution is 7.92. The Morgan fingerprint density at radius 3 is 2.15 bits per heavy atom. The minimum absolute atomic E-state index is 0.205. The highest BCUT2D eigenvalue weighted by atomic mass is 32.2. The van der Waals surface area contributed by atoms with Crippen LogP contribution in [0.5, 0.6) is 0 Å². The van der Waals surface area contributed by atoms with Crippen molar-refractivity contribution in [2.45, 2.75) is 35.5 Å². The van der Waals surface area contributed by atoms with E-state index in [1.54, 1.807) is 66.7 Å². The van der Waals surface area contributed by atoms with Gasteiger partial charge < -0.3 is 4.74 Å². The van der Waals surface area contributed by atoms with E-state index in [2.05, 4.69) is 13.2 Å². The Hall–Kier alpha value is -2.66. The lowest BCUT2D eigenvalue weighted by Crippen LogP contribution is -2.36. The van der Waals surface area contributed by atoms with Crippen molar-refractivity contribution in [2.75, 3.05) is 0 Å². The van der Waals surface area contributed by atoms with E-state index in [0.717, 1.165) is 0 Å². The summed E-state index contributed by atoms with van der Waals surface area (Å²) in [6.45, 7) is 7.38. The molecule has 0 amide bonds. The topological polar surface area (TPSA) is 60.4 Å². The molecule has 0 aliphatic heterocycles. The van der Waals surface area contributed by atoms with Crippen LogP contribution >= 0.6 is 0 Å². The van der Waals surface area contributed by atoms with Crippen LogP contribution < -0.4 is 0 Å². The van der Waals surface area contributed by atoms with Gasteiger partial charge in [0.2, 0.25) is 0 Å². The fourth-order valence-corrected chi connectivity index (χ4v) is 4.67. The predicted molar refractivity (Wildman–Crippen MR) is 107 cm³/mol. The summed E-state index contributed by atoms with van der Waals surface area (Å²) < 4.78 is 31.9. The van der Waals surface area contributed by atoms with Gasteiger partial charge in [0, 0.05) is 0 Å². The van der Waals surface area contributed by atoms with E-state index in [1.165, 1.54) is 6.08 Å². The monoisotopic (exact) mass is 384 g/mol. The fourth-order valence-electron chi connectivity index (χ4n) is 2.79. The number of allylic oxidation sites excluding steroid dienone is 1. The van der Waals surface area contributed by atoms with Crippen molar-refractivity contribution in [1.82, 2.24) is 0 Å². The maximum Gasteiger partial charge on any atom is 0.338 e. The van der Waals surface area contributed by atoms with Crippen molar-refractivity contribution in [2.24, 2.45) is 0 Å². The van der Waals surface area contributed by atoms with Crippen molar-refractivity contribution in [1.29, 1.82) is 0 Å². The van der Waals surface area contributed by atoms with Gasteiger partial charge in [-0.2, -0.15) is 0 Å². The third-order valence-electron chi connectivity index (χ3n) is 4.22. The highest BCUT2D eigenvalue weighted by Gasteiger charge is 2.35. The van der Waals surface area contributed by atoms with E-state index in [1.807, 2.05) is 0 Å². The molecule has 0 fully saturated rings. The summed E-state index contributed by atoms with van der Waals surface area (Å²) in [6.07, 6.45) is 3.81. The molecule has 5 heteroatoms. The van der Waals surface area contributed by atoms with Crippen molar-refractivity contribution in [3.63, 3.8) is 0 Å². The largest absolute Gasteiger partial charge is 0.453 e. The number of rotatable bonds is 10. The molecule has 0 N–H and O–H groups in total. The molecular weight excluding hydrogens is 360 g/mol. The molecule has 142 valence electrons. The minimum atomic E-state index is -3.70. The van der Waals surface area contributed by atoms with Crippen LogP contribution in [0.25, 0.3) is 0 Å². The first-order chi connectivity index (χ1) is 13.0. The van der Waals surface area contributed by atoms with Gasteiger partial charge in [0.25, 0.3) is 0 Å². The van der Waals surface area contributed by atoms with Gasteiger partial charge in [-0.05, 0) is 43.5 Å². The standard InChI is InChI=1S/C22H24O4S/c1-3-5-8-17-21(27(24,25)19-15-11-7-12-16-19)20(4-2)26-22(23)18-13-9-6-10-14-18/h3-4,6-7,9-16,20-21H,1-2,5,8,17H2. The molecule has 2 atom stereocenters. The van der Waals surface area contributed by atoms with Crippen LogP contribution in [-0.2, 0) is 14.6 Å². The summed E-state index contributed by atoms with van der Waals surface area (Å²) in [5.41, 5.74) is 0.367. The Morgan fingerprint density at radius 1 is 1.00 bits per heavy atom. The van der Waals surface area contributed by atoms with Crippen LogP contribution in [0.15, 0.2) is 90.9 Å². The SMILES string of the molecule is C=CCCCC(C(C=C)OC(=O)c1ccccc1)S(=O)(=O)c1ccccc1. The lowest BCUT2D eigenvalue weighted by molar-refractivity contribution is 0.0383. The summed E-state index contributed by atoms with van der Waals surface area (Å²) in [5.74, 6) is -0.572. The van der Waals surface area contributed by atoms with Crippen molar-refractivity contribution in [3.05, 3.63) is 91.5 Å². The maximum absolute atomic E-state index is 13.2. The molecule has 0 aliphatic rings. The normalized spacial score (nSPS) is 13.3. The Balaban J connectivity index is 2.31. The Bertz CT molecular complexity index is 858. The van der Waals surface area contributed by atoms with Gasteiger partial charge >= 0.3 is 5.97 Å². The fraction of sp³-hybridized carbons (Fsp3) is 0.227. The van der Waals surface area contributed by atoms with Crippen LogP contribution in [0.2, 0.25) is 0 Å². The highest BCUT2D eigenvalue weighted by Crippen LogP contribution is 2.25. The molecule has 0 radical (unpaired) electrons. The van der Waals surface area contributed by atoms with Crippen LogP contribution in [0.1, 0.15) is 29.6 Å². The summed E-state index contributed by atoms with van der Waals surface area (Å²) in [5, 5.41) is -0.912. The first kappa shape index (κ1) is 20.6. The van der Waals surface area contributed by atoms with E-state index in [-0.39, 0.29) is 4.90 Å². The van der Waals surface area contributed by atoms with E-state index in [4.69, 9.17) is 4.74 Å². The van der Waals surface area contributed by atoms with Crippen molar-refractivity contribution in [3.8, 4) is 0 Å². The molecule has 0 aromatic heterocycles.